The Morgan fingerprint density at radius 3 is 2.89 bits per heavy atom. The Hall–Kier alpha value is -0.190. The number of aliphatic hydroxyl groups is 1. The normalized spacial score (nSPS) is 28.7. The molecule has 1 N–H and O–H groups in total. The predicted octanol–water partition coefficient (Wildman–Crippen LogP) is -0.528. The van der Waals surface area contributed by atoms with Crippen molar-refractivity contribution in [1.82, 2.24) is 4.31 Å². The van der Waals surface area contributed by atoms with Crippen molar-refractivity contribution in [2.24, 2.45) is 0 Å². The summed E-state index contributed by atoms with van der Waals surface area (Å²) in [6.07, 6.45) is 1.79. The molecule has 1 rings (SSSR count). The van der Waals surface area contributed by atoms with Crippen LogP contribution in [0, 0.1) is 0 Å². The minimum atomic E-state index is -1.06. The molecular formula is C5H9NO2S. The zero-order valence-corrected chi connectivity index (χ0v) is 6.02. The first-order valence-electron chi connectivity index (χ1n) is 2.68. The summed E-state index contributed by atoms with van der Waals surface area (Å²) in [6.45, 7) is 0.597. The molecule has 0 aromatic heterocycles. The highest BCUT2D eigenvalue weighted by Crippen LogP contribution is 2.11. The lowest BCUT2D eigenvalue weighted by Gasteiger charge is -2.04. The van der Waals surface area contributed by atoms with Gasteiger partial charge < -0.3 is 5.11 Å². The standard InChI is InChI=1S/C5H9NO2S/c1-6-3-2-5(4-7)9(6)8/h2,7H,3-4H2,1H3. The van der Waals surface area contributed by atoms with E-state index < -0.39 is 11.0 Å². The Morgan fingerprint density at radius 1 is 2.00 bits per heavy atom. The first-order chi connectivity index (χ1) is 4.25. The first kappa shape index (κ1) is 6.92. The van der Waals surface area contributed by atoms with Crippen LogP contribution in [0.2, 0.25) is 0 Å². The summed E-state index contributed by atoms with van der Waals surface area (Å²) in [4.78, 5) is 0.623. The first-order valence-corrected chi connectivity index (χ1v) is 3.79. The smallest absolute Gasteiger partial charge is 0.125 e. The van der Waals surface area contributed by atoms with Gasteiger partial charge in [-0.1, -0.05) is 6.08 Å². The Bertz CT molecular complexity index is 166. The van der Waals surface area contributed by atoms with Crippen molar-refractivity contribution in [3.63, 3.8) is 0 Å². The fraction of sp³-hybridized carbons (Fsp3) is 0.600. The SMILES string of the molecule is CN1CC=C(CO)S1=O. The van der Waals surface area contributed by atoms with Crippen molar-refractivity contribution in [1.29, 1.82) is 0 Å². The van der Waals surface area contributed by atoms with Crippen LogP contribution in [0.25, 0.3) is 0 Å². The Labute approximate surface area is 56.6 Å². The van der Waals surface area contributed by atoms with E-state index in [1.165, 1.54) is 0 Å². The number of likely N-dealkylation sites (N-methyl/N-ethyl adjacent to an activating group) is 1. The molecule has 0 spiro atoms. The molecule has 1 aliphatic heterocycles. The Morgan fingerprint density at radius 2 is 2.67 bits per heavy atom. The molecule has 4 heteroatoms. The lowest BCUT2D eigenvalue weighted by Crippen LogP contribution is -2.16. The molecule has 3 nitrogen and oxygen atoms in total. The van der Waals surface area contributed by atoms with Crippen LogP contribution in [0.1, 0.15) is 0 Å². The van der Waals surface area contributed by atoms with Crippen LogP contribution < -0.4 is 0 Å². The summed E-state index contributed by atoms with van der Waals surface area (Å²) in [7, 11) is 0.698. The number of hydrogen-bond acceptors (Lipinski definition) is 2. The van der Waals surface area contributed by atoms with Crippen molar-refractivity contribution in [3.05, 3.63) is 11.0 Å². The molecule has 1 aliphatic rings. The molecule has 0 amide bonds. The van der Waals surface area contributed by atoms with Gasteiger partial charge in [-0.25, -0.2) is 8.51 Å². The molecule has 0 aromatic carbocycles. The minimum absolute atomic E-state index is 0.0864. The number of hydrogen-bond donors (Lipinski definition) is 1. The average molecular weight is 147 g/mol. The van der Waals surface area contributed by atoms with E-state index in [4.69, 9.17) is 5.11 Å². The molecule has 0 aliphatic carbocycles. The van der Waals surface area contributed by atoms with Crippen molar-refractivity contribution in [3.8, 4) is 0 Å². The second-order valence-electron chi connectivity index (χ2n) is 1.89. The highest BCUT2D eigenvalue weighted by molar-refractivity contribution is 7.87. The van der Waals surface area contributed by atoms with Crippen LogP contribution in [0.4, 0.5) is 0 Å². The van der Waals surface area contributed by atoms with Crippen molar-refractivity contribution < 1.29 is 9.32 Å². The summed E-state index contributed by atoms with van der Waals surface area (Å²) in [6, 6.07) is 0. The average Bonchev–Trinajstić information content (AvgIpc) is 2.15. The highest BCUT2D eigenvalue weighted by atomic mass is 32.2. The maximum Gasteiger partial charge on any atom is 0.125 e. The maximum absolute atomic E-state index is 10.9. The lowest BCUT2D eigenvalue weighted by molar-refractivity contribution is 0.339. The van der Waals surface area contributed by atoms with Gasteiger partial charge in [0.15, 0.2) is 0 Å². The van der Waals surface area contributed by atoms with Gasteiger partial charge in [-0.15, -0.1) is 0 Å². The van der Waals surface area contributed by atoms with E-state index in [1.54, 1.807) is 17.4 Å². The maximum atomic E-state index is 10.9. The second kappa shape index (κ2) is 2.60. The van der Waals surface area contributed by atoms with E-state index in [1.807, 2.05) is 0 Å². The monoisotopic (exact) mass is 147 g/mol. The Kier molecular flexibility index (Phi) is 2.00. The Balaban J connectivity index is 2.67. The van der Waals surface area contributed by atoms with Crippen LogP contribution in [0.3, 0.4) is 0 Å². The number of aliphatic hydroxyl groups excluding tert-OH is 1. The van der Waals surface area contributed by atoms with E-state index in [2.05, 4.69) is 0 Å². The third-order valence-corrected chi connectivity index (χ3v) is 2.70. The molecule has 52 valence electrons. The summed E-state index contributed by atoms with van der Waals surface area (Å²) in [5.41, 5.74) is 0. The van der Waals surface area contributed by atoms with Gasteiger partial charge in [0.25, 0.3) is 0 Å². The number of nitrogens with zero attached hydrogens (tertiary/aromatic N) is 1. The highest BCUT2D eigenvalue weighted by Gasteiger charge is 2.17. The van der Waals surface area contributed by atoms with Gasteiger partial charge in [0.2, 0.25) is 0 Å². The molecule has 1 unspecified atom stereocenters. The second-order valence-corrected chi connectivity index (χ2v) is 3.53. The van der Waals surface area contributed by atoms with Gasteiger partial charge in [0.1, 0.15) is 11.0 Å². The van der Waals surface area contributed by atoms with E-state index >= 15 is 0 Å². The molecule has 0 aromatic rings. The van der Waals surface area contributed by atoms with Gasteiger partial charge in [-0.05, 0) is 0 Å². The topological polar surface area (TPSA) is 40.5 Å². The predicted molar refractivity (Wildman–Crippen MR) is 35.9 cm³/mol. The summed E-state index contributed by atoms with van der Waals surface area (Å²) in [5.74, 6) is 0. The fourth-order valence-electron chi connectivity index (χ4n) is 0.689. The number of rotatable bonds is 1. The largest absolute Gasteiger partial charge is 0.391 e. The van der Waals surface area contributed by atoms with Gasteiger partial charge in [0, 0.05) is 13.6 Å². The molecule has 9 heavy (non-hydrogen) atoms. The molecule has 0 bridgehead atoms. The summed E-state index contributed by atoms with van der Waals surface area (Å²) < 4.78 is 12.6. The van der Waals surface area contributed by atoms with Crippen molar-refractivity contribution in [2.45, 2.75) is 0 Å². The van der Waals surface area contributed by atoms with Crippen LogP contribution in [-0.2, 0) is 11.0 Å². The van der Waals surface area contributed by atoms with E-state index in [0.717, 1.165) is 0 Å². The van der Waals surface area contributed by atoms with Gasteiger partial charge in [-0.2, -0.15) is 0 Å². The molecule has 0 fully saturated rings. The molecule has 1 atom stereocenters. The third-order valence-electron chi connectivity index (χ3n) is 1.24. The minimum Gasteiger partial charge on any atom is -0.391 e. The van der Waals surface area contributed by atoms with E-state index in [0.29, 0.717) is 11.4 Å². The zero-order valence-electron chi connectivity index (χ0n) is 5.20. The van der Waals surface area contributed by atoms with Gasteiger partial charge in [-0.3, -0.25) is 0 Å². The third kappa shape index (κ3) is 1.20. The lowest BCUT2D eigenvalue weighted by atomic mass is 10.5. The molecule has 0 saturated carbocycles. The fourth-order valence-corrected chi connectivity index (χ4v) is 1.63. The van der Waals surface area contributed by atoms with Crippen molar-refractivity contribution >= 4 is 11.0 Å². The van der Waals surface area contributed by atoms with Gasteiger partial charge >= 0.3 is 0 Å². The molecule has 0 saturated heterocycles. The molecule has 0 radical (unpaired) electrons. The summed E-state index contributed by atoms with van der Waals surface area (Å²) in [5, 5.41) is 8.57. The van der Waals surface area contributed by atoms with Gasteiger partial charge in [0.05, 0.1) is 11.5 Å². The van der Waals surface area contributed by atoms with Crippen LogP contribution in [0.5, 0.6) is 0 Å². The molecule has 1 heterocycles. The zero-order chi connectivity index (χ0) is 6.85. The quantitative estimate of drug-likeness (QED) is 0.541. The van der Waals surface area contributed by atoms with Crippen LogP contribution in [-0.4, -0.2) is 33.8 Å². The van der Waals surface area contributed by atoms with Crippen LogP contribution >= 0.6 is 0 Å². The van der Waals surface area contributed by atoms with Crippen molar-refractivity contribution in [2.75, 3.05) is 20.2 Å². The molecular weight excluding hydrogens is 138 g/mol. The van der Waals surface area contributed by atoms with E-state index in [-0.39, 0.29) is 6.61 Å². The van der Waals surface area contributed by atoms with E-state index in [9.17, 15) is 4.21 Å². The van der Waals surface area contributed by atoms with Crippen LogP contribution in [0.15, 0.2) is 11.0 Å². The summed E-state index contributed by atoms with van der Waals surface area (Å²) >= 11 is 0.